The highest BCUT2D eigenvalue weighted by Crippen LogP contribution is 2.33. The van der Waals surface area contributed by atoms with Gasteiger partial charge in [0.05, 0.1) is 17.1 Å². The normalized spacial score (nSPS) is 23.9. The topological polar surface area (TPSA) is 75.4 Å². The number of nitrogens with zero attached hydrogens (tertiary/aromatic N) is 1. The number of nitrogens with one attached hydrogen (secondary N) is 1. The van der Waals surface area contributed by atoms with E-state index in [0.717, 1.165) is 11.1 Å². The summed E-state index contributed by atoms with van der Waals surface area (Å²) in [6.45, 7) is 0. The second-order valence-electron chi connectivity index (χ2n) is 3.68. The number of aliphatic hydroxyl groups excluding tert-OH is 1. The van der Waals surface area contributed by atoms with Crippen LogP contribution < -0.4 is 5.32 Å². The maximum absolute atomic E-state index is 10.6. The van der Waals surface area contributed by atoms with E-state index in [4.69, 9.17) is 0 Å². The molecule has 0 radical (unpaired) electrons. The van der Waals surface area contributed by atoms with Crippen LogP contribution in [0.3, 0.4) is 0 Å². The molecule has 0 aromatic heterocycles. The summed E-state index contributed by atoms with van der Waals surface area (Å²) < 4.78 is 0. The number of hydrogen-bond acceptors (Lipinski definition) is 4. The lowest BCUT2D eigenvalue weighted by atomic mass is 10.1. The van der Waals surface area contributed by atoms with E-state index in [1.165, 1.54) is 12.1 Å². The third kappa shape index (κ3) is 1.60. The molecule has 0 aliphatic heterocycles. The van der Waals surface area contributed by atoms with Gasteiger partial charge in [0.25, 0.3) is 5.69 Å². The number of nitro groups is 1. The predicted octanol–water partition coefficient (Wildman–Crippen LogP) is 0.772. The van der Waals surface area contributed by atoms with Crippen LogP contribution in [-0.4, -0.2) is 23.2 Å². The van der Waals surface area contributed by atoms with Crippen LogP contribution in [0.1, 0.15) is 17.2 Å². The van der Waals surface area contributed by atoms with Gasteiger partial charge in [-0.2, -0.15) is 0 Å². The smallest absolute Gasteiger partial charge is 0.269 e. The minimum atomic E-state index is -0.494. The van der Waals surface area contributed by atoms with E-state index in [-0.39, 0.29) is 11.7 Å². The molecule has 0 saturated carbocycles. The standard InChI is InChI=1S/C10H12N2O3/c1-11-10-8-5-7(12(14)15)3-2-6(8)4-9(10)13/h2-3,5,9-11,13H,4H2,1H3/t9-,10-/m0/s1. The zero-order valence-corrected chi connectivity index (χ0v) is 8.30. The number of fused-ring (bicyclic) bond motifs is 1. The molecule has 0 saturated heterocycles. The monoisotopic (exact) mass is 208 g/mol. The summed E-state index contributed by atoms with van der Waals surface area (Å²) in [6.07, 6.45) is 0.0609. The molecule has 0 amide bonds. The highest BCUT2D eigenvalue weighted by atomic mass is 16.6. The lowest BCUT2D eigenvalue weighted by molar-refractivity contribution is -0.384. The largest absolute Gasteiger partial charge is 0.391 e. The highest BCUT2D eigenvalue weighted by Gasteiger charge is 2.31. The van der Waals surface area contributed by atoms with E-state index < -0.39 is 11.0 Å². The van der Waals surface area contributed by atoms with Gasteiger partial charge in [0.1, 0.15) is 0 Å². The van der Waals surface area contributed by atoms with Gasteiger partial charge in [0.2, 0.25) is 0 Å². The quantitative estimate of drug-likeness (QED) is 0.556. The molecule has 0 unspecified atom stereocenters. The number of benzene rings is 1. The average Bonchev–Trinajstić information content (AvgIpc) is 2.51. The number of rotatable bonds is 2. The molecule has 0 heterocycles. The van der Waals surface area contributed by atoms with Crippen molar-refractivity contribution in [2.75, 3.05) is 7.05 Å². The van der Waals surface area contributed by atoms with Crippen molar-refractivity contribution in [3.63, 3.8) is 0 Å². The molecule has 0 spiro atoms. The van der Waals surface area contributed by atoms with E-state index in [0.29, 0.717) is 6.42 Å². The first-order chi connectivity index (χ1) is 7.13. The van der Waals surface area contributed by atoms with Gasteiger partial charge in [-0.1, -0.05) is 6.07 Å². The molecule has 2 N–H and O–H groups in total. The Labute approximate surface area is 86.9 Å². The molecule has 80 valence electrons. The lowest BCUT2D eigenvalue weighted by Gasteiger charge is -2.13. The fraction of sp³-hybridized carbons (Fsp3) is 0.400. The van der Waals surface area contributed by atoms with Gasteiger partial charge in [0, 0.05) is 18.6 Å². The zero-order chi connectivity index (χ0) is 11.0. The molecule has 2 rings (SSSR count). The van der Waals surface area contributed by atoms with Crippen LogP contribution in [0.5, 0.6) is 0 Å². The minimum Gasteiger partial charge on any atom is -0.391 e. The van der Waals surface area contributed by atoms with E-state index in [9.17, 15) is 15.2 Å². The van der Waals surface area contributed by atoms with Gasteiger partial charge >= 0.3 is 0 Å². The van der Waals surface area contributed by atoms with Crippen LogP contribution in [0.4, 0.5) is 5.69 Å². The summed E-state index contributed by atoms with van der Waals surface area (Å²) in [5, 5.41) is 23.3. The molecule has 0 bridgehead atoms. The Morgan fingerprint density at radius 2 is 2.33 bits per heavy atom. The molecule has 1 aliphatic rings. The number of nitro benzene ring substituents is 1. The Balaban J connectivity index is 2.44. The molecule has 1 aromatic carbocycles. The van der Waals surface area contributed by atoms with Gasteiger partial charge < -0.3 is 10.4 Å². The van der Waals surface area contributed by atoms with Gasteiger partial charge in [-0.25, -0.2) is 0 Å². The number of hydrogen-bond donors (Lipinski definition) is 2. The second kappa shape index (κ2) is 3.60. The molecule has 1 aliphatic carbocycles. The van der Waals surface area contributed by atoms with E-state index in [1.54, 1.807) is 13.1 Å². The predicted molar refractivity (Wildman–Crippen MR) is 54.6 cm³/mol. The summed E-state index contributed by atoms with van der Waals surface area (Å²) >= 11 is 0. The van der Waals surface area contributed by atoms with Crippen molar-refractivity contribution < 1.29 is 10.0 Å². The van der Waals surface area contributed by atoms with Gasteiger partial charge in [0.15, 0.2) is 0 Å². The SMILES string of the molecule is CN[C@H]1c2cc([N+](=O)[O-])ccc2C[C@@H]1O. The fourth-order valence-corrected chi connectivity index (χ4v) is 2.07. The number of non-ortho nitro benzene ring substituents is 1. The molecular formula is C10H12N2O3. The van der Waals surface area contributed by atoms with Gasteiger partial charge in [-0.3, -0.25) is 10.1 Å². The van der Waals surface area contributed by atoms with Gasteiger partial charge in [-0.05, 0) is 18.2 Å². The van der Waals surface area contributed by atoms with Crippen LogP contribution in [0.25, 0.3) is 0 Å². The van der Waals surface area contributed by atoms with Crippen LogP contribution in [-0.2, 0) is 6.42 Å². The van der Waals surface area contributed by atoms with Crippen molar-refractivity contribution in [1.82, 2.24) is 5.32 Å². The molecule has 0 fully saturated rings. The summed E-state index contributed by atoms with van der Waals surface area (Å²) in [5.74, 6) is 0. The van der Waals surface area contributed by atoms with Gasteiger partial charge in [-0.15, -0.1) is 0 Å². The summed E-state index contributed by atoms with van der Waals surface area (Å²) in [6, 6.07) is 4.53. The maximum atomic E-state index is 10.6. The van der Waals surface area contributed by atoms with Crippen LogP contribution in [0.15, 0.2) is 18.2 Å². The van der Waals surface area contributed by atoms with Crippen molar-refractivity contribution >= 4 is 5.69 Å². The fourth-order valence-electron chi connectivity index (χ4n) is 2.07. The Morgan fingerprint density at radius 1 is 1.60 bits per heavy atom. The van der Waals surface area contributed by atoms with Crippen molar-refractivity contribution in [2.45, 2.75) is 18.6 Å². The first-order valence-electron chi connectivity index (χ1n) is 4.76. The molecule has 1 aromatic rings. The summed E-state index contributed by atoms with van der Waals surface area (Å²) in [7, 11) is 1.74. The van der Waals surface area contributed by atoms with Crippen LogP contribution in [0.2, 0.25) is 0 Å². The van der Waals surface area contributed by atoms with Crippen molar-refractivity contribution in [3.8, 4) is 0 Å². The van der Waals surface area contributed by atoms with E-state index in [1.807, 2.05) is 0 Å². The zero-order valence-electron chi connectivity index (χ0n) is 8.30. The molecule has 15 heavy (non-hydrogen) atoms. The van der Waals surface area contributed by atoms with Crippen molar-refractivity contribution in [1.29, 1.82) is 0 Å². The maximum Gasteiger partial charge on any atom is 0.269 e. The molecular weight excluding hydrogens is 196 g/mol. The van der Waals surface area contributed by atoms with Crippen molar-refractivity contribution in [2.24, 2.45) is 0 Å². The number of likely N-dealkylation sites (N-methyl/N-ethyl adjacent to an activating group) is 1. The molecule has 5 nitrogen and oxygen atoms in total. The first-order valence-corrected chi connectivity index (χ1v) is 4.76. The average molecular weight is 208 g/mol. The minimum absolute atomic E-state index is 0.0723. The highest BCUT2D eigenvalue weighted by molar-refractivity contribution is 5.45. The van der Waals surface area contributed by atoms with E-state index >= 15 is 0 Å². The van der Waals surface area contributed by atoms with Crippen molar-refractivity contribution in [3.05, 3.63) is 39.4 Å². The van der Waals surface area contributed by atoms with Crippen LogP contribution in [0, 0.1) is 10.1 Å². The Morgan fingerprint density at radius 3 is 2.93 bits per heavy atom. The summed E-state index contributed by atoms with van der Waals surface area (Å²) in [4.78, 5) is 10.2. The number of aliphatic hydroxyl groups is 1. The molecule has 5 heteroatoms. The molecule has 2 atom stereocenters. The third-order valence-electron chi connectivity index (χ3n) is 2.80. The summed E-state index contributed by atoms with van der Waals surface area (Å²) in [5.41, 5.74) is 1.88. The second-order valence-corrected chi connectivity index (χ2v) is 3.68. The van der Waals surface area contributed by atoms with E-state index in [2.05, 4.69) is 5.32 Å². The van der Waals surface area contributed by atoms with Crippen LogP contribution >= 0.6 is 0 Å². The third-order valence-corrected chi connectivity index (χ3v) is 2.80. The lowest BCUT2D eigenvalue weighted by Crippen LogP contribution is -2.25. The Bertz CT molecular complexity index is 406. The first kappa shape index (κ1) is 10.1. The Hall–Kier alpha value is -1.46. The Kier molecular flexibility index (Phi) is 2.42.